The van der Waals surface area contributed by atoms with Gasteiger partial charge in [0.2, 0.25) is 0 Å². The van der Waals surface area contributed by atoms with Crippen molar-refractivity contribution in [1.29, 1.82) is 0 Å². The minimum atomic E-state index is -0.228. The largest absolute Gasteiger partial charge is 0.448 e. The maximum absolute atomic E-state index is 6.11. The van der Waals surface area contributed by atoms with Gasteiger partial charge in [0, 0.05) is 13.5 Å². The number of aromatic nitrogens is 2. The molecule has 2 aromatic heterocycles. The van der Waals surface area contributed by atoms with E-state index in [1.807, 2.05) is 11.7 Å². The first-order valence-electron chi connectivity index (χ1n) is 5.74. The molecule has 6 heteroatoms. The van der Waals surface area contributed by atoms with Crippen LogP contribution >= 0.6 is 27.5 Å². The van der Waals surface area contributed by atoms with Crippen molar-refractivity contribution in [1.82, 2.24) is 9.78 Å². The van der Waals surface area contributed by atoms with E-state index in [-0.39, 0.29) is 6.04 Å². The van der Waals surface area contributed by atoms with Gasteiger partial charge in [0.25, 0.3) is 0 Å². The predicted octanol–water partition coefficient (Wildman–Crippen LogP) is 3.23. The molecular formula is C12H15BrClN3O. The van der Waals surface area contributed by atoms with Crippen molar-refractivity contribution < 1.29 is 4.42 Å². The zero-order valence-corrected chi connectivity index (χ0v) is 12.6. The molecular weight excluding hydrogens is 318 g/mol. The van der Waals surface area contributed by atoms with Crippen LogP contribution in [0.3, 0.4) is 0 Å². The summed E-state index contributed by atoms with van der Waals surface area (Å²) in [5, 5.41) is 4.80. The Balaban J connectivity index is 2.21. The van der Waals surface area contributed by atoms with Crippen LogP contribution in [0.5, 0.6) is 0 Å². The number of aryl methyl sites for hydroxylation is 2. The molecule has 2 N–H and O–H groups in total. The van der Waals surface area contributed by atoms with Gasteiger partial charge in [-0.25, -0.2) is 0 Å². The van der Waals surface area contributed by atoms with Crippen LogP contribution in [0.15, 0.2) is 21.0 Å². The Bertz CT molecular complexity index is 550. The number of nitrogens with two attached hydrogens (primary N) is 1. The highest BCUT2D eigenvalue weighted by Gasteiger charge is 2.18. The first kappa shape index (κ1) is 13.6. The smallest absolute Gasteiger partial charge is 0.193 e. The quantitative estimate of drug-likeness (QED) is 0.935. The molecule has 0 amide bonds. The number of furan rings is 1. The van der Waals surface area contributed by atoms with Crippen LogP contribution in [0.4, 0.5) is 0 Å². The summed E-state index contributed by atoms with van der Waals surface area (Å²) in [7, 11) is 1.92. The summed E-state index contributed by atoms with van der Waals surface area (Å²) in [6.45, 7) is 2.07. The molecule has 0 bridgehead atoms. The van der Waals surface area contributed by atoms with Crippen molar-refractivity contribution in [2.24, 2.45) is 12.8 Å². The average molecular weight is 333 g/mol. The molecule has 0 saturated heterocycles. The molecule has 0 aliphatic heterocycles. The summed E-state index contributed by atoms with van der Waals surface area (Å²) < 4.78 is 8.21. The normalized spacial score (nSPS) is 12.9. The lowest BCUT2D eigenvalue weighted by atomic mass is 10.1. The van der Waals surface area contributed by atoms with Crippen molar-refractivity contribution in [2.45, 2.75) is 25.8 Å². The van der Waals surface area contributed by atoms with Gasteiger partial charge in [-0.1, -0.05) is 6.92 Å². The molecule has 2 rings (SSSR count). The minimum absolute atomic E-state index is 0.228. The maximum Gasteiger partial charge on any atom is 0.193 e. The van der Waals surface area contributed by atoms with E-state index in [0.717, 1.165) is 22.3 Å². The Labute approximate surface area is 119 Å². The van der Waals surface area contributed by atoms with Gasteiger partial charge in [0.05, 0.1) is 21.9 Å². The van der Waals surface area contributed by atoms with Gasteiger partial charge in [0.1, 0.15) is 5.76 Å². The molecule has 0 aliphatic rings. The van der Waals surface area contributed by atoms with Crippen molar-refractivity contribution in [3.8, 4) is 0 Å². The van der Waals surface area contributed by atoms with Crippen molar-refractivity contribution in [3.05, 3.63) is 39.0 Å². The molecule has 0 radical (unpaired) electrons. The Morgan fingerprint density at radius 1 is 1.56 bits per heavy atom. The maximum atomic E-state index is 6.11. The molecule has 0 aliphatic carbocycles. The second-order valence-corrected chi connectivity index (χ2v) is 5.30. The van der Waals surface area contributed by atoms with Crippen molar-refractivity contribution in [3.63, 3.8) is 0 Å². The second-order valence-electron chi connectivity index (χ2n) is 4.14. The van der Waals surface area contributed by atoms with Gasteiger partial charge < -0.3 is 10.2 Å². The van der Waals surface area contributed by atoms with Gasteiger partial charge in [-0.05, 0) is 46.1 Å². The molecule has 0 saturated carbocycles. The van der Waals surface area contributed by atoms with E-state index in [1.54, 1.807) is 12.1 Å². The van der Waals surface area contributed by atoms with E-state index in [4.69, 9.17) is 21.8 Å². The fourth-order valence-corrected chi connectivity index (χ4v) is 2.81. The highest BCUT2D eigenvalue weighted by Crippen LogP contribution is 2.27. The fourth-order valence-electron chi connectivity index (χ4n) is 1.88. The third-order valence-electron chi connectivity index (χ3n) is 2.88. The summed E-state index contributed by atoms with van der Waals surface area (Å²) in [6.07, 6.45) is 1.53. The minimum Gasteiger partial charge on any atom is -0.448 e. The van der Waals surface area contributed by atoms with E-state index in [1.165, 1.54) is 0 Å². The van der Waals surface area contributed by atoms with Gasteiger partial charge >= 0.3 is 0 Å². The summed E-state index contributed by atoms with van der Waals surface area (Å²) in [5.74, 6) is 0.686. The Hall–Kier alpha value is -0.780. The van der Waals surface area contributed by atoms with E-state index < -0.39 is 0 Å². The molecule has 0 spiro atoms. The van der Waals surface area contributed by atoms with Crippen LogP contribution in [0.25, 0.3) is 0 Å². The topological polar surface area (TPSA) is 57.0 Å². The number of hydrogen-bond acceptors (Lipinski definition) is 3. The Kier molecular flexibility index (Phi) is 4.14. The zero-order chi connectivity index (χ0) is 13.3. The number of hydrogen-bond donors (Lipinski definition) is 1. The molecule has 18 heavy (non-hydrogen) atoms. The van der Waals surface area contributed by atoms with Crippen molar-refractivity contribution >= 4 is 27.5 Å². The molecule has 4 nitrogen and oxygen atoms in total. The van der Waals surface area contributed by atoms with Crippen LogP contribution in [-0.4, -0.2) is 9.78 Å². The SMILES string of the molecule is CCc1nn(C)c(CC(N)c2ccc(Cl)o2)c1Br. The first-order valence-corrected chi connectivity index (χ1v) is 6.91. The lowest BCUT2D eigenvalue weighted by molar-refractivity contribution is 0.460. The third-order valence-corrected chi connectivity index (χ3v) is 3.99. The van der Waals surface area contributed by atoms with E-state index >= 15 is 0 Å². The summed E-state index contributed by atoms with van der Waals surface area (Å²) in [6, 6.07) is 3.28. The molecule has 0 aromatic carbocycles. The highest BCUT2D eigenvalue weighted by molar-refractivity contribution is 9.10. The Morgan fingerprint density at radius 2 is 2.28 bits per heavy atom. The molecule has 98 valence electrons. The van der Waals surface area contributed by atoms with Gasteiger partial charge in [-0.15, -0.1) is 0 Å². The van der Waals surface area contributed by atoms with Crippen LogP contribution in [-0.2, 0) is 19.9 Å². The van der Waals surface area contributed by atoms with Crippen LogP contribution in [0.2, 0.25) is 5.22 Å². The van der Waals surface area contributed by atoms with Gasteiger partial charge in [0.15, 0.2) is 5.22 Å². The molecule has 0 fully saturated rings. The van der Waals surface area contributed by atoms with Gasteiger partial charge in [-0.3, -0.25) is 4.68 Å². The average Bonchev–Trinajstić information content (AvgIpc) is 2.87. The number of halogens is 2. The lowest BCUT2D eigenvalue weighted by Gasteiger charge is -2.09. The second kappa shape index (κ2) is 5.47. The highest BCUT2D eigenvalue weighted by atomic mass is 79.9. The standard InChI is InChI=1S/C12H15BrClN3O/c1-3-8-12(13)9(17(2)16-8)6-7(15)10-4-5-11(14)18-10/h4-5,7H,3,6,15H2,1-2H3. The summed E-state index contributed by atoms with van der Waals surface area (Å²) in [5.41, 5.74) is 8.22. The predicted molar refractivity (Wildman–Crippen MR) is 74.6 cm³/mol. The summed E-state index contributed by atoms with van der Waals surface area (Å²) in [4.78, 5) is 0. The number of nitrogens with zero attached hydrogens (tertiary/aromatic N) is 2. The van der Waals surface area contributed by atoms with Crippen LogP contribution in [0, 0.1) is 0 Å². The van der Waals surface area contributed by atoms with Crippen LogP contribution < -0.4 is 5.73 Å². The lowest BCUT2D eigenvalue weighted by Crippen LogP contribution is -2.15. The first-order chi connectivity index (χ1) is 8.52. The number of rotatable bonds is 4. The van der Waals surface area contributed by atoms with E-state index in [0.29, 0.717) is 17.4 Å². The van der Waals surface area contributed by atoms with Gasteiger partial charge in [-0.2, -0.15) is 5.10 Å². The van der Waals surface area contributed by atoms with Crippen LogP contribution in [0.1, 0.15) is 30.1 Å². The molecule has 2 aromatic rings. The molecule has 1 unspecified atom stereocenters. The third kappa shape index (κ3) is 2.63. The zero-order valence-electron chi connectivity index (χ0n) is 10.3. The fraction of sp³-hybridized carbons (Fsp3) is 0.417. The summed E-state index contributed by atoms with van der Waals surface area (Å²) >= 11 is 9.32. The van der Waals surface area contributed by atoms with E-state index in [2.05, 4.69) is 28.0 Å². The monoisotopic (exact) mass is 331 g/mol. The molecule has 1 atom stereocenters. The van der Waals surface area contributed by atoms with E-state index in [9.17, 15) is 0 Å². The molecule has 2 heterocycles. The Morgan fingerprint density at radius 3 is 2.78 bits per heavy atom. The van der Waals surface area contributed by atoms with Crippen molar-refractivity contribution in [2.75, 3.05) is 0 Å².